The Morgan fingerprint density at radius 3 is 2.85 bits per heavy atom. The minimum Gasteiger partial charge on any atom is -0.323 e. The lowest BCUT2D eigenvalue weighted by atomic mass is 10.3. The smallest absolute Gasteiger partial charge is 0.273 e. The van der Waals surface area contributed by atoms with Gasteiger partial charge in [-0.25, -0.2) is 13.4 Å². The lowest BCUT2D eigenvalue weighted by Crippen LogP contribution is -2.50. The van der Waals surface area contributed by atoms with Gasteiger partial charge in [-0.3, -0.25) is 10.6 Å². The molecule has 1 amide bonds. The molecule has 0 bridgehead atoms. The lowest BCUT2D eigenvalue weighted by Gasteiger charge is -2.33. The fourth-order valence-electron chi connectivity index (χ4n) is 1.92. The first-order chi connectivity index (χ1) is 9.43. The monoisotopic (exact) mass is 316 g/mol. The number of rotatable bonds is 3. The highest BCUT2D eigenvalue weighted by molar-refractivity contribution is 8.00. The van der Waals surface area contributed by atoms with Gasteiger partial charge in [0.05, 0.1) is 11.9 Å². The maximum Gasteiger partial charge on any atom is 0.273 e. The van der Waals surface area contributed by atoms with E-state index in [1.807, 2.05) is 0 Å². The molecular weight excluding hydrogens is 300 g/mol. The zero-order valence-electron chi connectivity index (χ0n) is 10.9. The first kappa shape index (κ1) is 15.1. The Labute approximate surface area is 121 Å². The van der Waals surface area contributed by atoms with E-state index in [1.54, 1.807) is 6.07 Å². The second kappa shape index (κ2) is 5.98. The van der Waals surface area contributed by atoms with Crippen molar-refractivity contribution in [3.05, 3.63) is 24.0 Å². The molecule has 9 heteroatoms. The van der Waals surface area contributed by atoms with Gasteiger partial charge in [0.2, 0.25) is 0 Å². The van der Waals surface area contributed by atoms with E-state index in [1.165, 1.54) is 28.9 Å². The van der Waals surface area contributed by atoms with Gasteiger partial charge in [-0.1, -0.05) is 0 Å². The molecule has 2 heterocycles. The second-order valence-electron chi connectivity index (χ2n) is 4.43. The molecule has 1 unspecified atom stereocenters. The summed E-state index contributed by atoms with van der Waals surface area (Å²) in [6.45, 7) is 0.403. The number of carbonyl (C=O) groups excluding carboxylic acids is 1. The summed E-state index contributed by atoms with van der Waals surface area (Å²) in [6.07, 6.45) is 2.58. The Balaban J connectivity index is 2.25. The number of hydrogen-bond acceptors (Lipinski definition) is 7. The number of nitrogen functional groups attached to an aromatic ring is 1. The van der Waals surface area contributed by atoms with E-state index >= 15 is 0 Å². The Hall–Kier alpha value is -1.32. The third-order valence-corrected chi connectivity index (χ3v) is 5.63. The SMILES string of the molecule is CS(=O)(=O)C1CSCCN1C(=O)c1ccc(NN)cn1. The van der Waals surface area contributed by atoms with Crippen molar-refractivity contribution in [2.24, 2.45) is 5.84 Å². The summed E-state index contributed by atoms with van der Waals surface area (Å²) in [5.74, 6) is 5.98. The van der Waals surface area contributed by atoms with Crippen molar-refractivity contribution in [2.45, 2.75) is 5.37 Å². The molecule has 1 aromatic rings. The van der Waals surface area contributed by atoms with Crippen LogP contribution in [0, 0.1) is 0 Å². The zero-order chi connectivity index (χ0) is 14.8. The largest absolute Gasteiger partial charge is 0.323 e. The van der Waals surface area contributed by atoms with E-state index in [0.29, 0.717) is 18.0 Å². The number of hydrogen-bond donors (Lipinski definition) is 2. The summed E-state index contributed by atoms with van der Waals surface area (Å²) >= 11 is 1.53. The normalized spacial score (nSPS) is 19.7. The minimum absolute atomic E-state index is 0.213. The summed E-state index contributed by atoms with van der Waals surface area (Å²) < 4.78 is 23.6. The van der Waals surface area contributed by atoms with Gasteiger partial charge < -0.3 is 10.3 Å². The van der Waals surface area contributed by atoms with Gasteiger partial charge in [-0.05, 0) is 12.1 Å². The van der Waals surface area contributed by atoms with Crippen molar-refractivity contribution in [3.8, 4) is 0 Å². The van der Waals surface area contributed by atoms with E-state index in [0.717, 1.165) is 12.0 Å². The van der Waals surface area contributed by atoms with E-state index in [9.17, 15) is 13.2 Å². The van der Waals surface area contributed by atoms with Gasteiger partial charge >= 0.3 is 0 Å². The molecule has 110 valence electrons. The number of anilines is 1. The number of thioether (sulfide) groups is 1. The van der Waals surface area contributed by atoms with Crippen LogP contribution in [0.1, 0.15) is 10.5 Å². The second-order valence-corrected chi connectivity index (χ2v) is 7.79. The molecule has 20 heavy (non-hydrogen) atoms. The average Bonchev–Trinajstić information content (AvgIpc) is 2.46. The minimum atomic E-state index is -3.32. The lowest BCUT2D eigenvalue weighted by molar-refractivity contribution is 0.0744. The highest BCUT2D eigenvalue weighted by Gasteiger charge is 2.34. The first-order valence-corrected chi connectivity index (χ1v) is 9.04. The quantitative estimate of drug-likeness (QED) is 0.594. The highest BCUT2D eigenvalue weighted by Crippen LogP contribution is 2.22. The predicted octanol–water partition coefficient (Wildman–Crippen LogP) is -0.0731. The van der Waals surface area contributed by atoms with Gasteiger partial charge in [0, 0.05) is 24.3 Å². The van der Waals surface area contributed by atoms with Crippen LogP contribution in [-0.2, 0) is 9.84 Å². The molecular formula is C11H16N4O3S2. The van der Waals surface area contributed by atoms with Crippen molar-refractivity contribution in [3.63, 3.8) is 0 Å². The van der Waals surface area contributed by atoms with Crippen LogP contribution >= 0.6 is 11.8 Å². The van der Waals surface area contributed by atoms with E-state index in [-0.39, 0.29) is 11.6 Å². The van der Waals surface area contributed by atoms with Crippen LogP contribution in [0.4, 0.5) is 5.69 Å². The molecule has 7 nitrogen and oxygen atoms in total. The predicted molar refractivity (Wildman–Crippen MR) is 79.0 cm³/mol. The van der Waals surface area contributed by atoms with Crippen molar-refractivity contribution in [1.82, 2.24) is 9.88 Å². The summed E-state index contributed by atoms with van der Waals surface area (Å²) in [7, 11) is -3.32. The van der Waals surface area contributed by atoms with Crippen molar-refractivity contribution >= 4 is 33.2 Å². The third kappa shape index (κ3) is 3.22. The summed E-state index contributed by atoms with van der Waals surface area (Å²) in [5.41, 5.74) is 3.21. The molecule has 1 fully saturated rings. The summed E-state index contributed by atoms with van der Waals surface area (Å²) in [5, 5.41) is -0.789. The number of carbonyl (C=O) groups is 1. The number of amides is 1. The molecule has 0 spiro atoms. The number of nitrogens with one attached hydrogen (secondary N) is 1. The molecule has 3 N–H and O–H groups in total. The maximum atomic E-state index is 12.4. The van der Waals surface area contributed by atoms with E-state index in [4.69, 9.17) is 5.84 Å². The Morgan fingerprint density at radius 2 is 2.30 bits per heavy atom. The fraction of sp³-hybridized carbons (Fsp3) is 0.455. The zero-order valence-corrected chi connectivity index (χ0v) is 12.6. The van der Waals surface area contributed by atoms with Crippen molar-refractivity contribution in [1.29, 1.82) is 0 Å². The van der Waals surface area contributed by atoms with Gasteiger partial charge in [0.1, 0.15) is 11.1 Å². The van der Waals surface area contributed by atoms with Gasteiger partial charge in [0.25, 0.3) is 5.91 Å². The summed E-state index contributed by atoms with van der Waals surface area (Å²) in [6, 6.07) is 3.15. The number of pyridine rings is 1. The van der Waals surface area contributed by atoms with Crippen LogP contribution in [0.15, 0.2) is 18.3 Å². The molecule has 1 aromatic heterocycles. The molecule has 1 aliphatic heterocycles. The number of nitrogens with zero attached hydrogens (tertiary/aromatic N) is 2. The van der Waals surface area contributed by atoms with E-state index in [2.05, 4.69) is 10.4 Å². The van der Waals surface area contributed by atoms with Crippen LogP contribution in [0.2, 0.25) is 0 Å². The summed E-state index contributed by atoms with van der Waals surface area (Å²) in [4.78, 5) is 17.8. The van der Waals surface area contributed by atoms with Crippen LogP contribution < -0.4 is 11.3 Å². The van der Waals surface area contributed by atoms with E-state index < -0.39 is 15.2 Å². The standard InChI is InChI=1S/C11H16N4O3S2/c1-20(17,18)10-7-19-5-4-15(10)11(16)9-3-2-8(14-12)6-13-9/h2-3,6,10,14H,4-5,7,12H2,1H3. The van der Waals surface area contributed by atoms with Crippen molar-refractivity contribution < 1.29 is 13.2 Å². The molecule has 0 radical (unpaired) electrons. The molecule has 0 aromatic carbocycles. The average molecular weight is 316 g/mol. The first-order valence-electron chi connectivity index (χ1n) is 5.93. The topological polar surface area (TPSA) is 105 Å². The maximum absolute atomic E-state index is 12.4. The van der Waals surface area contributed by atoms with Crippen LogP contribution in [-0.4, -0.2) is 53.9 Å². The fourth-order valence-corrected chi connectivity index (χ4v) is 4.74. The third-order valence-electron chi connectivity index (χ3n) is 2.99. The molecule has 2 rings (SSSR count). The Morgan fingerprint density at radius 1 is 1.55 bits per heavy atom. The molecule has 1 atom stereocenters. The van der Waals surface area contributed by atoms with Crippen LogP contribution in [0.5, 0.6) is 0 Å². The Kier molecular flexibility index (Phi) is 4.51. The Bertz CT molecular complexity index is 588. The highest BCUT2D eigenvalue weighted by atomic mass is 32.2. The molecule has 0 saturated carbocycles. The van der Waals surface area contributed by atoms with Crippen LogP contribution in [0.25, 0.3) is 0 Å². The molecule has 0 aliphatic carbocycles. The van der Waals surface area contributed by atoms with Gasteiger partial charge in [0.15, 0.2) is 9.84 Å². The molecule has 1 aliphatic rings. The van der Waals surface area contributed by atoms with Crippen molar-refractivity contribution in [2.75, 3.05) is 29.7 Å². The number of sulfone groups is 1. The van der Waals surface area contributed by atoms with Crippen LogP contribution in [0.3, 0.4) is 0 Å². The van der Waals surface area contributed by atoms with Gasteiger partial charge in [-0.15, -0.1) is 0 Å². The van der Waals surface area contributed by atoms with Gasteiger partial charge in [-0.2, -0.15) is 11.8 Å². The molecule has 1 saturated heterocycles. The number of nitrogens with two attached hydrogens (primary N) is 1. The number of hydrazine groups is 1. The number of aromatic nitrogens is 1.